The van der Waals surface area contributed by atoms with Crippen molar-refractivity contribution in [2.45, 2.75) is 27.7 Å². The van der Waals surface area contributed by atoms with Crippen LogP contribution in [0.3, 0.4) is 0 Å². The van der Waals surface area contributed by atoms with Crippen LogP contribution >= 0.6 is 15.9 Å². The van der Waals surface area contributed by atoms with Crippen LogP contribution < -0.4 is 4.90 Å². The Bertz CT molecular complexity index is 580. The van der Waals surface area contributed by atoms with Gasteiger partial charge in [0.25, 0.3) is 0 Å². The van der Waals surface area contributed by atoms with Crippen molar-refractivity contribution in [2.24, 2.45) is 11.3 Å². The number of rotatable bonds is 5. The molecule has 0 aliphatic rings. The minimum Gasteiger partial charge on any atom is -0.371 e. The monoisotopic (exact) mass is 347 g/mol. The van der Waals surface area contributed by atoms with E-state index in [0.717, 1.165) is 18.4 Å². The number of halogens is 1. The third-order valence-electron chi connectivity index (χ3n) is 4.34. The average molecular weight is 348 g/mol. The van der Waals surface area contributed by atoms with Gasteiger partial charge in [0, 0.05) is 29.5 Å². The van der Waals surface area contributed by atoms with Gasteiger partial charge in [-0.3, -0.25) is 0 Å². The zero-order valence-corrected chi connectivity index (χ0v) is 15.2. The summed E-state index contributed by atoms with van der Waals surface area (Å²) in [6.07, 6.45) is 0. The Morgan fingerprint density at radius 2 is 1.71 bits per heavy atom. The summed E-state index contributed by atoms with van der Waals surface area (Å²) in [7, 11) is 0. The number of nitrogens with zero attached hydrogens (tertiary/aromatic N) is 1. The molecule has 1 nitrogen and oxygen atoms in total. The molecule has 0 spiro atoms. The zero-order chi connectivity index (χ0) is 15.5. The van der Waals surface area contributed by atoms with Gasteiger partial charge in [-0.1, -0.05) is 73.1 Å². The summed E-state index contributed by atoms with van der Waals surface area (Å²) in [5, 5.41) is 3.71. The molecule has 1 unspecified atom stereocenters. The summed E-state index contributed by atoms with van der Waals surface area (Å²) in [6, 6.07) is 15.3. The van der Waals surface area contributed by atoms with E-state index < -0.39 is 0 Å². The van der Waals surface area contributed by atoms with Crippen LogP contribution in [0.15, 0.2) is 42.5 Å². The summed E-state index contributed by atoms with van der Waals surface area (Å²) < 4.78 is 0. The normalized spacial score (nSPS) is 13.4. The minimum absolute atomic E-state index is 0.307. The Kier molecular flexibility index (Phi) is 5.32. The SMILES string of the molecule is CCN(CC(CBr)C(C)(C)C)c1cccc2ccccc12. The lowest BCUT2D eigenvalue weighted by Crippen LogP contribution is -2.36. The summed E-state index contributed by atoms with van der Waals surface area (Å²) >= 11 is 3.70. The molecule has 0 heterocycles. The molecule has 1 atom stereocenters. The molecular formula is C19H26BrN. The second-order valence-electron chi connectivity index (χ2n) is 6.75. The molecule has 0 aliphatic carbocycles. The fourth-order valence-corrected chi connectivity index (χ4v) is 3.88. The van der Waals surface area contributed by atoms with E-state index >= 15 is 0 Å². The van der Waals surface area contributed by atoms with E-state index in [1.807, 2.05) is 0 Å². The standard InChI is InChI=1S/C19H26BrN/c1-5-21(14-16(13-20)19(2,3)4)18-12-8-10-15-9-6-7-11-17(15)18/h6-12,16H,5,13-14H2,1-4H3. The third kappa shape index (κ3) is 3.79. The molecule has 21 heavy (non-hydrogen) atoms. The predicted molar refractivity (Wildman–Crippen MR) is 98.6 cm³/mol. The summed E-state index contributed by atoms with van der Waals surface area (Å²) in [5.74, 6) is 0.622. The van der Waals surface area contributed by atoms with Crippen LogP contribution in [-0.4, -0.2) is 18.4 Å². The van der Waals surface area contributed by atoms with Crippen molar-refractivity contribution < 1.29 is 0 Å². The van der Waals surface area contributed by atoms with Crippen LogP contribution in [0.5, 0.6) is 0 Å². The zero-order valence-electron chi connectivity index (χ0n) is 13.6. The lowest BCUT2D eigenvalue weighted by molar-refractivity contribution is 0.271. The van der Waals surface area contributed by atoms with Gasteiger partial charge >= 0.3 is 0 Å². The first-order valence-electron chi connectivity index (χ1n) is 7.76. The molecule has 0 bridgehead atoms. The van der Waals surface area contributed by atoms with Gasteiger partial charge in [-0.25, -0.2) is 0 Å². The van der Waals surface area contributed by atoms with Crippen LogP contribution in [0.1, 0.15) is 27.7 Å². The first-order chi connectivity index (χ1) is 9.97. The predicted octanol–water partition coefficient (Wildman–Crippen LogP) is 5.72. The highest BCUT2D eigenvalue weighted by Crippen LogP contribution is 2.32. The van der Waals surface area contributed by atoms with Crippen molar-refractivity contribution >= 4 is 32.4 Å². The largest absolute Gasteiger partial charge is 0.371 e. The number of anilines is 1. The molecule has 0 aromatic heterocycles. The molecule has 0 amide bonds. The van der Waals surface area contributed by atoms with Crippen LogP contribution in [0, 0.1) is 11.3 Å². The molecule has 0 radical (unpaired) electrons. The van der Waals surface area contributed by atoms with Gasteiger partial charge < -0.3 is 4.90 Å². The average Bonchev–Trinajstić information content (AvgIpc) is 2.47. The third-order valence-corrected chi connectivity index (χ3v) is 5.12. The summed E-state index contributed by atoms with van der Waals surface area (Å²) in [4.78, 5) is 2.51. The van der Waals surface area contributed by atoms with Gasteiger partial charge in [0.05, 0.1) is 0 Å². The van der Waals surface area contributed by atoms with E-state index in [4.69, 9.17) is 0 Å². The van der Waals surface area contributed by atoms with Crippen molar-refractivity contribution in [2.75, 3.05) is 23.3 Å². The highest BCUT2D eigenvalue weighted by atomic mass is 79.9. The lowest BCUT2D eigenvalue weighted by atomic mass is 9.81. The molecule has 2 aromatic carbocycles. The molecule has 0 aliphatic heterocycles. The Hall–Kier alpha value is -1.02. The second kappa shape index (κ2) is 6.83. The highest BCUT2D eigenvalue weighted by Gasteiger charge is 2.25. The van der Waals surface area contributed by atoms with Crippen LogP contribution in [0.4, 0.5) is 5.69 Å². The molecule has 114 valence electrons. The Labute approximate surface area is 137 Å². The van der Waals surface area contributed by atoms with E-state index in [1.165, 1.54) is 16.5 Å². The fraction of sp³-hybridized carbons (Fsp3) is 0.474. The van der Waals surface area contributed by atoms with E-state index in [-0.39, 0.29) is 0 Å². The molecule has 2 aromatic rings. The van der Waals surface area contributed by atoms with E-state index in [1.54, 1.807) is 0 Å². The van der Waals surface area contributed by atoms with E-state index in [9.17, 15) is 0 Å². The second-order valence-corrected chi connectivity index (χ2v) is 7.40. The van der Waals surface area contributed by atoms with Gasteiger partial charge in [0.2, 0.25) is 0 Å². The maximum atomic E-state index is 3.70. The van der Waals surface area contributed by atoms with Crippen LogP contribution in [0.2, 0.25) is 0 Å². The highest BCUT2D eigenvalue weighted by molar-refractivity contribution is 9.09. The quantitative estimate of drug-likeness (QED) is 0.624. The Morgan fingerprint density at radius 1 is 1.05 bits per heavy atom. The van der Waals surface area contributed by atoms with Gasteiger partial charge in [-0.05, 0) is 29.7 Å². The number of hydrogen-bond donors (Lipinski definition) is 0. The van der Waals surface area contributed by atoms with Gasteiger partial charge in [-0.15, -0.1) is 0 Å². The van der Waals surface area contributed by atoms with Gasteiger partial charge in [0.1, 0.15) is 0 Å². The Balaban J connectivity index is 2.36. The van der Waals surface area contributed by atoms with Gasteiger partial charge in [-0.2, -0.15) is 0 Å². The molecular weight excluding hydrogens is 322 g/mol. The number of alkyl halides is 1. The molecule has 2 heteroatoms. The minimum atomic E-state index is 0.307. The van der Waals surface area contributed by atoms with Crippen LogP contribution in [-0.2, 0) is 0 Å². The number of benzene rings is 2. The Morgan fingerprint density at radius 3 is 2.33 bits per heavy atom. The van der Waals surface area contributed by atoms with E-state index in [0.29, 0.717) is 11.3 Å². The number of hydrogen-bond acceptors (Lipinski definition) is 1. The number of fused-ring (bicyclic) bond motifs is 1. The van der Waals surface area contributed by atoms with Crippen molar-refractivity contribution in [3.63, 3.8) is 0 Å². The van der Waals surface area contributed by atoms with Gasteiger partial charge in [0.15, 0.2) is 0 Å². The first kappa shape index (κ1) is 16.4. The van der Waals surface area contributed by atoms with E-state index in [2.05, 4.69) is 91.0 Å². The smallest absolute Gasteiger partial charge is 0.0445 e. The molecule has 2 rings (SSSR count). The molecule has 0 saturated heterocycles. The maximum Gasteiger partial charge on any atom is 0.0445 e. The molecule has 0 N–H and O–H groups in total. The van der Waals surface area contributed by atoms with Crippen molar-refractivity contribution in [1.82, 2.24) is 0 Å². The lowest BCUT2D eigenvalue weighted by Gasteiger charge is -2.35. The first-order valence-corrected chi connectivity index (χ1v) is 8.88. The van der Waals surface area contributed by atoms with Crippen molar-refractivity contribution in [1.29, 1.82) is 0 Å². The topological polar surface area (TPSA) is 3.24 Å². The molecule has 0 fully saturated rings. The molecule has 0 saturated carbocycles. The summed E-state index contributed by atoms with van der Waals surface area (Å²) in [5.41, 5.74) is 1.66. The van der Waals surface area contributed by atoms with Crippen LogP contribution in [0.25, 0.3) is 10.8 Å². The maximum absolute atomic E-state index is 3.70. The van der Waals surface area contributed by atoms with Crippen molar-refractivity contribution in [3.8, 4) is 0 Å². The van der Waals surface area contributed by atoms with Crippen molar-refractivity contribution in [3.05, 3.63) is 42.5 Å². The summed E-state index contributed by atoms with van der Waals surface area (Å²) in [6.45, 7) is 11.4. The fourth-order valence-electron chi connectivity index (χ4n) is 2.70.